The van der Waals surface area contributed by atoms with E-state index in [1.54, 1.807) is 16.2 Å². The number of thiazole rings is 1. The normalized spacial score (nSPS) is 20.8. The van der Waals surface area contributed by atoms with Gasteiger partial charge in [0.1, 0.15) is 0 Å². The summed E-state index contributed by atoms with van der Waals surface area (Å²) in [5, 5.41) is 0. The molecule has 0 aliphatic heterocycles. The highest BCUT2D eigenvalue weighted by molar-refractivity contribution is 7.16. The topological polar surface area (TPSA) is 59.5 Å². The number of hydrogen-bond donors (Lipinski definition) is 0. The van der Waals surface area contributed by atoms with Crippen molar-refractivity contribution in [2.24, 2.45) is 5.92 Å². The van der Waals surface area contributed by atoms with Crippen molar-refractivity contribution in [3.8, 4) is 0 Å². The molecule has 24 heavy (non-hydrogen) atoms. The highest BCUT2D eigenvalue weighted by Gasteiger charge is 2.34. The van der Waals surface area contributed by atoms with Gasteiger partial charge in [0.25, 0.3) is 0 Å². The highest BCUT2D eigenvalue weighted by Crippen LogP contribution is 2.30. The number of amides is 1. The lowest BCUT2D eigenvalue weighted by Gasteiger charge is -2.38. The molecule has 128 valence electrons. The second-order valence-corrected chi connectivity index (χ2v) is 7.29. The SMILES string of the molecule is COC(=O)C(=O)N(Cc1ccc2scnc2c1)C1CCCCC1C. The fraction of sp³-hybridized carbons (Fsp3) is 0.500. The molecule has 0 N–H and O–H groups in total. The Bertz CT molecular complexity index is 743. The van der Waals surface area contributed by atoms with E-state index in [9.17, 15) is 9.59 Å². The van der Waals surface area contributed by atoms with E-state index in [0.717, 1.165) is 35.0 Å². The van der Waals surface area contributed by atoms with Crippen LogP contribution in [-0.4, -0.2) is 34.9 Å². The number of carbonyl (C=O) groups excluding carboxylic acids is 2. The molecule has 1 aliphatic carbocycles. The van der Waals surface area contributed by atoms with Crippen molar-refractivity contribution in [3.05, 3.63) is 29.3 Å². The first kappa shape index (κ1) is 16.9. The molecule has 3 rings (SSSR count). The van der Waals surface area contributed by atoms with Gasteiger partial charge in [-0.1, -0.05) is 25.8 Å². The van der Waals surface area contributed by atoms with Crippen LogP contribution in [0.15, 0.2) is 23.7 Å². The number of hydrogen-bond acceptors (Lipinski definition) is 5. The fourth-order valence-electron chi connectivity index (χ4n) is 3.50. The number of carbonyl (C=O) groups is 2. The molecule has 0 spiro atoms. The molecular formula is C18H22N2O3S. The van der Waals surface area contributed by atoms with Gasteiger partial charge in [0.05, 0.1) is 22.8 Å². The number of esters is 1. The summed E-state index contributed by atoms with van der Waals surface area (Å²) >= 11 is 1.59. The number of aromatic nitrogens is 1. The lowest BCUT2D eigenvalue weighted by Crippen LogP contribution is -2.47. The van der Waals surface area contributed by atoms with Crippen molar-refractivity contribution in [2.45, 2.75) is 45.2 Å². The Morgan fingerprint density at radius 1 is 1.33 bits per heavy atom. The molecule has 1 saturated carbocycles. The van der Waals surface area contributed by atoms with Gasteiger partial charge in [-0.2, -0.15) is 0 Å². The quantitative estimate of drug-likeness (QED) is 0.631. The molecule has 2 unspecified atom stereocenters. The smallest absolute Gasteiger partial charge is 0.396 e. The second kappa shape index (κ2) is 7.30. The number of rotatable bonds is 3. The Hall–Kier alpha value is -1.95. The molecule has 1 aliphatic rings. The van der Waals surface area contributed by atoms with Crippen LogP contribution in [0.4, 0.5) is 0 Å². The maximum atomic E-state index is 12.6. The van der Waals surface area contributed by atoms with Crippen LogP contribution in [0.5, 0.6) is 0 Å². The zero-order chi connectivity index (χ0) is 17.1. The minimum absolute atomic E-state index is 0.0801. The third-order valence-corrected chi connectivity index (χ3v) is 5.65. The summed E-state index contributed by atoms with van der Waals surface area (Å²) < 4.78 is 5.79. The van der Waals surface area contributed by atoms with Gasteiger partial charge in [-0.3, -0.25) is 4.79 Å². The molecule has 5 nitrogen and oxygen atoms in total. The number of methoxy groups -OCH3 is 1. The van der Waals surface area contributed by atoms with E-state index in [-0.39, 0.29) is 6.04 Å². The van der Waals surface area contributed by atoms with Crippen LogP contribution >= 0.6 is 11.3 Å². The number of ether oxygens (including phenoxy) is 1. The molecule has 6 heteroatoms. The molecule has 1 aromatic carbocycles. The third kappa shape index (κ3) is 3.43. The Morgan fingerprint density at radius 3 is 2.88 bits per heavy atom. The van der Waals surface area contributed by atoms with E-state index in [4.69, 9.17) is 0 Å². The minimum atomic E-state index is -0.789. The third-order valence-electron chi connectivity index (χ3n) is 4.84. The van der Waals surface area contributed by atoms with E-state index >= 15 is 0 Å². The highest BCUT2D eigenvalue weighted by atomic mass is 32.1. The summed E-state index contributed by atoms with van der Waals surface area (Å²) in [5.41, 5.74) is 3.73. The first-order valence-electron chi connectivity index (χ1n) is 8.31. The van der Waals surface area contributed by atoms with Crippen molar-refractivity contribution < 1.29 is 14.3 Å². The molecule has 0 bridgehead atoms. The van der Waals surface area contributed by atoms with Crippen molar-refractivity contribution in [1.29, 1.82) is 0 Å². The Balaban J connectivity index is 1.87. The summed E-state index contributed by atoms with van der Waals surface area (Å²) in [5.74, 6) is -0.951. The minimum Gasteiger partial charge on any atom is -0.462 e. The molecule has 0 saturated heterocycles. The first-order chi connectivity index (χ1) is 11.6. The predicted molar refractivity (Wildman–Crippen MR) is 93.6 cm³/mol. The lowest BCUT2D eigenvalue weighted by atomic mass is 9.84. The lowest BCUT2D eigenvalue weighted by molar-refractivity contribution is -0.160. The monoisotopic (exact) mass is 346 g/mol. The zero-order valence-corrected chi connectivity index (χ0v) is 14.8. The second-order valence-electron chi connectivity index (χ2n) is 6.41. The van der Waals surface area contributed by atoms with Crippen LogP contribution in [0.1, 0.15) is 38.2 Å². The molecule has 2 aromatic rings. The maximum Gasteiger partial charge on any atom is 0.396 e. The summed E-state index contributed by atoms with van der Waals surface area (Å²) in [6.07, 6.45) is 4.29. The average Bonchev–Trinajstić information content (AvgIpc) is 3.07. The number of nitrogens with zero attached hydrogens (tertiary/aromatic N) is 2. The zero-order valence-electron chi connectivity index (χ0n) is 14.0. The molecule has 1 fully saturated rings. The summed E-state index contributed by atoms with van der Waals surface area (Å²) in [7, 11) is 1.25. The molecule has 1 heterocycles. The molecule has 1 aromatic heterocycles. The van der Waals surface area contributed by atoms with Gasteiger partial charge in [-0.15, -0.1) is 11.3 Å². The van der Waals surface area contributed by atoms with E-state index in [0.29, 0.717) is 12.5 Å². The van der Waals surface area contributed by atoms with E-state index in [1.165, 1.54) is 13.5 Å². The molecular weight excluding hydrogens is 324 g/mol. The number of fused-ring (bicyclic) bond motifs is 1. The van der Waals surface area contributed by atoms with Gasteiger partial charge in [-0.05, 0) is 36.5 Å². The fourth-order valence-corrected chi connectivity index (χ4v) is 4.16. The number of benzene rings is 1. The molecule has 0 radical (unpaired) electrons. The van der Waals surface area contributed by atoms with Crippen LogP contribution in [0.2, 0.25) is 0 Å². The van der Waals surface area contributed by atoms with Gasteiger partial charge in [-0.25, -0.2) is 9.78 Å². The van der Waals surface area contributed by atoms with Crippen molar-refractivity contribution in [2.75, 3.05) is 7.11 Å². The van der Waals surface area contributed by atoms with Gasteiger partial charge in [0, 0.05) is 12.6 Å². The van der Waals surface area contributed by atoms with Crippen molar-refractivity contribution in [3.63, 3.8) is 0 Å². The van der Waals surface area contributed by atoms with Gasteiger partial charge < -0.3 is 9.64 Å². The van der Waals surface area contributed by atoms with Crippen molar-refractivity contribution in [1.82, 2.24) is 9.88 Å². The van der Waals surface area contributed by atoms with Crippen molar-refractivity contribution >= 4 is 33.4 Å². The largest absolute Gasteiger partial charge is 0.462 e. The van der Waals surface area contributed by atoms with E-state index < -0.39 is 11.9 Å². The Labute approximate surface area is 145 Å². The average molecular weight is 346 g/mol. The van der Waals surface area contributed by atoms with Crippen LogP contribution in [-0.2, 0) is 20.9 Å². The van der Waals surface area contributed by atoms with E-state index in [2.05, 4.69) is 16.6 Å². The van der Waals surface area contributed by atoms with Gasteiger partial charge >= 0.3 is 11.9 Å². The Morgan fingerprint density at radius 2 is 2.12 bits per heavy atom. The van der Waals surface area contributed by atoms with Gasteiger partial charge in [0.15, 0.2) is 0 Å². The predicted octanol–water partition coefficient (Wildman–Crippen LogP) is 3.38. The summed E-state index contributed by atoms with van der Waals surface area (Å²) in [6.45, 7) is 2.57. The summed E-state index contributed by atoms with van der Waals surface area (Å²) in [4.78, 5) is 30.4. The summed E-state index contributed by atoms with van der Waals surface area (Å²) in [6, 6.07) is 6.10. The standard InChI is InChI=1S/C18H22N2O3S/c1-12-5-3-4-6-15(12)20(17(21)18(22)23-2)10-13-7-8-16-14(9-13)19-11-24-16/h7-9,11-12,15H,3-6,10H2,1-2H3. The Kier molecular flexibility index (Phi) is 5.14. The first-order valence-corrected chi connectivity index (χ1v) is 9.19. The van der Waals surface area contributed by atoms with Crippen LogP contribution in [0.3, 0.4) is 0 Å². The van der Waals surface area contributed by atoms with E-state index in [1.807, 2.05) is 23.7 Å². The van der Waals surface area contributed by atoms with Crippen LogP contribution in [0, 0.1) is 5.92 Å². The molecule has 1 amide bonds. The van der Waals surface area contributed by atoms with Crippen LogP contribution < -0.4 is 0 Å². The van der Waals surface area contributed by atoms with Crippen LogP contribution in [0.25, 0.3) is 10.2 Å². The van der Waals surface area contributed by atoms with Gasteiger partial charge in [0.2, 0.25) is 0 Å². The molecule has 2 atom stereocenters. The maximum absolute atomic E-state index is 12.6.